The maximum atomic E-state index is 13.7. The predicted molar refractivity (Wildman–Crippen MR) is 99.2 cm³/mol. The summed E-state index contributed by atoms with van der Waals surface area (Å²) in [4.78, 5) is 18.8. The molecule has 2 aromatic rings. The molecule has 1 aliphatic heterocycles. The van der Waals surface area contributed by atoms with Gasteiger partial charge in [-0.25, -0.2) is 4.39 Å². The van der Waals surface area contributed by atoms with Crippen molar-refractivity contribution in [1.82, 2.24) is 10.3 Å². The Morgan fingerprint density at radius 3 is 2.73 bits per heavy atom. The summed E-state index contributed by atoms with van der Waals surface area (Å²) in [6.45, 7) is 4.52. The fourth-order valence-corrected chi connectivity index (χ4v) is 3.27. The van der Waals surface area contributed by atoms with Gasteiger partial charge in [0, 0.05) is 42.8 Å². The lowest BCUT2D eigenvalue weighted by molar-refractivity contribution is 0.0944. The quantitative estimate of drug-likeness (QED) is 0.893. The average molecular weight is 357 g/mol. The Morgan fingerprint density at radius 1 is 1.31 bits per heavy atom. The molecule has 1 amide bonds. The Balaban J connectivity index is 1.49. The van der Waals surface area contributed by atoms with Crippen LogP contribution in [0, 0.1) is 18.7 Å². The summed E-state index contributed by atoms with van der Waals surface area (Å²) in [6.07, 6.45) is 3.86. The largest absolute Gasteiger partial charge is 0.494 e. The fraction of sp³-hybridized carbons (Fsp3) is 0.400. The van der Waals surface area contributed by atoms with Crippen molar-refractivity contribution in [1.29, 1.82) is 0 Å². The number of nitrogens with zero attached hydrogens (tertiary/aromatic N) is 2. The Labute approximate surface area is 153 Å². The van der Waals surface area contributed by atoms with Crippen molar-refractivity contribution in [3.05, 3.63) is 53.6 Å². The van der Waals surface area contributed by atoms with Crippen LogP contribution in [-0.2, 0) is 0 Å². The third-order valence-corrected chi connectivity index (χ3v) is 4.83. The summed E-state index contributed by atoms with van der Waals surface area (Å²) in [6, 6.07) is 8.39. The first-order chi connectivity index (χ1) is 12.6. The molecule has 1 fully saturated rings. The molecular weight excluding hydrogens is 333 g/mol. The molecule has 0 bridgehead atoms. The number of hydrogen-bond acceptors (Lipinski definition) is 4. The summed E-state index contributed by atoms with van der Waals surface area (Å²) in [5, 5.41) is 2.92. The SMILES string of the molecule is COc1ccc(C(=O)NCC2CCN(c3ccnc(C)c3)CC2)cc1F. The normalized spacial score (nSPS) is 15.0. The number of methoxy groups -OCH3 is 1. The lowest BCUT2D eigenvalue weighted by Crippen LogP contribution is -2.38. The third kappa shape index (κ3) is 4.31. The molecule has 3 rings (SSSR count). The minimum atomic E-state index is -0.527. The van der Waals surface area contributed by atoms with Gasteiger partial charge in [-0.2, -0.15) is 0 Å². The number of rotatable bonds is 5. The van der Waals surface area contributed by atoms with E-state index in [4.69, 9.17) is 4.74 Å². The second-order valence-electron chi connectivity index (χ2n) is 6.65. The summed E-state index contributed by atoms with van der Waals surface area (Å²) >= 11 is 0. The van der Waals surface area contributed by atoms with Crippen molar-refractivity contribution in [2.75, 3.05) is 31.6 Å². The third-order valence-electron chi connectivity index (χ3n) is 4.83. The monoisotopic (exact) mass is 357 g/mol. The first-order valence-corrected chi connectivity index (χ1v) is 8.86. The molecule has 1 aromatic carbocycles. The van der Waals surface area contributed by atoms with Gasteiger partial charge in [0.05, 0.1) is 7.11 Å². The Kier molecular flexibility index (Phi) is 5.71. The van der Waals surface area contributed by atoms with Crippen molar-refractivity contribution >= 4 is 11.6 Å². The molecule has 0 saturated carbocycles. The van der Waals surface area contributed by atoms with Crippen molar-refractivity contribution in [3.8, 4) is 5.75 Å². The molecule has 6 heteroatoms. The number of nitrogens with one attached hydrogen (secondary N) is 1. The number of pyridine rings is 1. The van der Waals surface area contributed by atoms with E-state index < -0.39 is 5.82 Å². The van der Waals surface area contributed by atoms with Crippen molar-refractivity contribution in [2.24, 2.45) is 5.92 Å². The summed E-state index contributed by atoms with van der Waals surface area (Å²) < 4.78 is 18.6. The number of benzene rings is 1. The molecule has 0 unspecified atom stereocenters. The summed E-state index contributed by atoms with van der Waals surface area (Å²) in [5.41, 5.74) is 2.53. The maximum absolute atomic E-state index is 13.7. The molecule has 1 aliphatic rings. The smallest absolute Gasteiger partial charge is 0.251 e. The Hall–Kier alpha value is -2.63. The standard InChI is InChI=1S/C20H24FN3O2/c1-14-11-17(5-8-22-14)24-9-6-15(7-10-24)13-23-20(25)16-3-4-19(26-2)18(21)12-16/h3-5,8,11-12,15H,6-7,9-10,13H2,1-2H3,(H,23,25). The number of aryl methyl sites for hydroxylation is 1. The minimum Gasteiger partial charge on any atom is -0.494 e. The van der Waals surface area contributed by atoms with Gasteiger partial charge in [0.2, 0.25) is 0 Å². The first-order valence-electron chi connectivity index (χ1n) is 8.86. The van der Waals surface area contributed by atoms with Crippen molar-refractivity contribution < 1.29 is 13.9 Å². The Morgan fingerprint density at radius 2 is 2.08 bits per heavy atom. The van der Waals surface area contributed by atoms with Crippen LogP contribution in [0.25, 0.3) is 0 Å². The van der Waals surface area contributed by atoms with Gasteiger partial charge in [-0.05, 0) is 56.0 Å². The molecule has 0 spiro atoms. The van der Waals surface area contributed by atoms with Crippen LogP contribution >= 0.6 is 0 Å². The Bertz CT molecular complexity index is 773. The summed E-state index contributed by atoms with van der Waals surface area (Å²) in [7, 11) is 1.40. The van der Waals surface area contributed by atoms with Crippen LogP contribution in [0.15, 0.2) is 36.5 Å². The van der Waals surface area contributed by atoms with E-state index in [-0.39, 0.29) is 11.7 Å². The van der Waals surface area contributed by atoms with Gasteiger partial charge in [0.25, 0.3) is 5.91 Å². The molecule has 2 heterocycles. The number of hydrogen-bond donors (Lipinski definition) is 1. The van der Waals surface area contributed by atoms with E-state index in [1.54, 1.807) is 6.07 Å². The van der Waals surface area contributed by atoms with E-state index in [0.29, 0.717) is 18.0 Å². The molecule has 0 aliphatic carbocycles. The highest BCUT2D eigenvalue weighted by Gasteiger charge is 2.20. The zero-order chi connectivity index (χ0) is 18.5. The van der Waals surface area contributed by atoms with E-state index in [1.165, 1.54) is 24.9 Å². The van der Waals surface area contributed by atoms with Crippen LogP contribution in [0.1, 0.15) is 28.9 Å². The van der Waals surface area contributed by atoms with Crippen molar-refractivity contribution in [2.45, 2.75) is 19.8 Å². The fourth-order valence-electron chi connectivity index (χ4n) is 3.27. The molecule has 0 radical (unpaired) electrons. The lowest BCUT2D eigenvalue weighted by atomic mass is 9.96. The van der Waals surface area contributed by atoms with Crippen LogP contribution < -0.4 is 15.0 Å². The van der Waals surface area contributed by atoms with Gasteiger partial charge in [0.1, 0.15) is 0 Å². The predicted octanol–water partition coefficient (Wildman–Crippen LogP) is 3.18. The highest BCUT2D eigenvalue weighted by atomic mass is 19.1. The van der Waals surface area contributed by atoms with Gasteiger partial charge in [-0.3, -0.25) is 9.78 Å². The van der Waals surface area contributed by atoms with E-state index in [1.807, 2.05) is 19.2 Å². The van der Waals surface area contributed by atoms with Crippen LogP contribution in [0.4, 0.5) is 10.1 Å². The molecular formula is C20H24FN3O2. The van der Waals surface area contributed by atoms with Gasteiger partial charge >= 0.3 is 0 Å². The van der Waals surface area contributed by atoms with E-state index in [0.717, 1.165) is 31.6 Å². The molecule has 5 nitrogen and oxygen atoms in total. The first kappa shape index (κ1) is 18.2. The van der Waals surface area contributed by atoms with E-state index in [9.17, 15) is 9.18 Å². The molecule has 1 aromatic heterocycles. The highest BCUT2D eigenvalue weighted by molar-refractivity contribution is 5.94. The van der Waals surface area contributed by atoms with E-state index in [2.05, 4.69) is 21.3 Å². The second-order valence-corrected chi connectivity index (χ2v) is 6.65. The zero-order valence-electron chi connectivity index (χ0n) is 15.2. The maximum Gasteiger partial charge on any atom is 0.251 e. The molecule has 1 saturated heterocycles. The van der Waals surface area contributed by atoms with Crippen LogP contribution in [-0.4, -0.2) is 37.6 Å². The van der Waals surface area contributed by atoms with Crippen LogP contribution in [0.3, 0.4) is 0 Å². The molecule has 1 N–H and O–H groups in total. The number of anilines is 1. The highest BCUT2D eigenvalue weighted by Crippen LogP contribution is 2.23. The van der Waals surface area contributed by atoms with E-state index >= 15 is 0 Å². The molecule has 26 heavy (non-hydrogen) atoms. The number of ether oxygens (including phenoxy) is 1. The number of carbonyl (C=O) groups excluding carboxylic acids is 1. The molecule has 0 atom stereocenters. The van der Waals surface area contributed by atoms with Crippen LogP contribution in [0.5, 0.6) is 5.75 Å². The minimum absolute atomic E-state index is 0.139. The van der Waals surface area contributed by atoms with Crippen LogP contribution in [0.2, 0.25) is 0 Å². The number of amides is 1. The number of halogens is 1. The second kappa shape index (κ2) is 8.17. The van der Waals surface area contributed by atoms with Gasteiger partial charge in [-0.15, -0.1) is 0 Å². The molecule has 138 valence electrons. The summed E-state index contributed by atoms with van der Waals surface area (Å²) in [5.74, 6) is -0.207. The van der Waals surface area contributed by atoms with Gasteiger partial charge in [0.15, 0.2) is 11.6 Å². The lowest BCUT2D eigenvalue weighted by Gasteiger charge is -2.33. The average Bonchev–Trinajstić information content (AvgIpc) is 2.66. The number of piperidine rings is 1. The number of aromatic nitrogens is 1. The van der Waals surface area contributed by atoms with Gasteiger partial charge in [-0.1, -0.05) is 0 Å². The van der Waals surface area contributed by atoms with Gasteiger partial charge < -0.3 is 15.0 Å². The topological polar surface area (TPSA) is 54.5 Å². The number of carbonyl (C=O) groups is 1. The van der Waals surface area contributed by atoms with Crippen molar-refractivity contribution in [3.63, 3.8) is 0 Å². The zero-order valence-corrected chi connectivity index (χ0v) is 15.2.